The second-order valence-electron chi connectivity index (χ2n) is 5.93. The van der Waals surface area contributed by atoms with Crippen LogP contribution in [-0.2, 0) is 16.0 Å². The highest BCUT2D eigenvalue weighted by molar-refractivity contribution is 6.30. The molecule has 2 N–H and O–H groups in total. The molecule has 1 fully saturated rings. The molecule has 1 aromatic rings. The number of ether oxygens (including phenoxy) is 1. The highest BCUT2D eigenvalue weighted by atomic mass is 35.5. The first-order chi connectivity index (χ1) is 10.5. The largest absolute Gasteiger partial charge is 0.480 e. The van der Waals surface area contributed by atoms with Crippen LogP contribution in [0.5, 0.6) is 5.75 Å². The molecule has 0 bridgehead atoms. The summed E-state index contributed by atoms with van der Waals surface area (Å²) in [7, 11) is 0. The Hall–Kier alpha value is -1.75. The molecular formula is C16H19ClN2O3. The van der Waals surface area contributed by atoms with Gasteiger partial charge in [-0.1, -0.05) is 24.4 Å². The van der Waals surface area contributed by atoms with Crippen molar-refractivity contribution in [3.05, 3.63) is 28.8 Å². The summed E-state index contributed by atoms with van der Waals surface area (Å²) in [6.45, 7) is -0.0412. The summed E-state index contributed by atoms with van der Waals surface area (Å²) in [5, 5.41) is 0.625. The second-order valence-corrected chi connectivity index (χ2v) is 6.37. The van der Waals surface area contributed by atoms with Crippen LogP contribution >= 0.6 is 11.6 Å². The molecule has 0 unspecified atom stereocenters. The molecule has 2 aliphatic rings. The van der Waals surface area contributed by atoms with Crippen LogP contribution in [0.15, 0.2) is 18.2 Å². The van der Waals surface area contributed by atoms with E-state index in [0.717, 1.165) is 31.2 Å². The van der Waals surface area contributed by atoms with Crippen LogP contribution in [0.25, 0.3) is 0 Å². The Bertz CT molecular complexity index is 599. The highest BCUT2D eigenvalue weighted by Gasteiger charge is 2.36. The quantitative estimate of drug-likeness (QED) is 0.920. The van der Waals surface area contributed by atoms with Gasteiger partial charge in [-0.2, -0.15) is 0 Å². The molecule has 1 saturated carbocycles. The van der Waals surface area contributed by atoms with E-state index in [4.69, 9.17) is 22.1 Å². The van der Waals surface area contributed by atoms with E-state index in [-0.39, 0.29) is 18.5 Å². The zero-order valence-electron chi connectivity index (χ0n) is 12.3. The molecule has 1 aromatic carbocycles. The molecule has 1 aliphatic carbocycles. The normalized spacial score (nSPS) is 20.5. The van der Waals surface area contributed by atoms with E-state index in [1.165, 1.54) is 0 Å². The van der Waals surface area contributed by atoms with E-state index < -0.39 is 12.0 Å². The van der Waals surface area contributed by atoms with E-state index in [1.807, 2.05) is 6.07 Å². The third-order valence-electron chi connectivity index (χ3n) is 4.35. The Kier molecular flexibility index (Phi) is 4.25. The van der Waals surface area contributed by atoms with Crippen LogP contribution < -0.4 is 10.5 Å². The number of amides is 2. The molecule has 0 saturated heterocycles. The fraction of sp³-hybridized carbons (Fsp3) is 0.500. The predicted molar refractivity (Wildman–Crippen MR) is 82.7 cm³/mol. The first-order valence-electron chi connectivity index (χ1n) is 7.58. The van der Waals surface area contributed by atoms with Crippen LogP contribution in [0, 0.1) is 0 Å². The van der Waals surface area contributed by atoms with Crippen molar-refractivity contribution in [2.75, 3.05) is 6.54 Å². The molecule has 0 radical (unpaired) electrons. The summed E-state index contributed by atoms with van der Waals surface area (Å²) in [5.41, 5.74) is 6.24. The number of nitrogens with zero attached hydrogens (tertiary/aromatic N) is 1. The number of benzene rings is 1. The number of fused-ring (bicyclic) bond motifs is 1. The SMILES string of the molecule is NC(=O)CN(C(=O)[C@H]1Cc2cc(Cl)ccc2O1)C1CCCC1. The lowest BCUT2D eigenvalue weighted by atomic mass is 10.1. The lowest BCUT2D eigenvalue weighted by Gasteiger charge is -2.29. The lowest BCUT2D eigenvalue weighted by molar-refractivity contribution is -0.143. The highest BCUT2D eigenvalue weighted by Crippen LogP contribution is 2.33. The van der Waals surface area contributed by atoms with Gasteiger partial charge < -0.3 is 15.4 Å². The standard InChI is InChI=1S/C16H19ClN2O3/c17-11-5-6-13-10(7-11)8-14(22-13)16(21)19(9-15(18)20)12-3-1-2-4-12/h5-7,12,14H,1-4,8-9H2,(H2,18,20)/t14-/m1/s1. The van der Waals surface area contributed by atoms with E-state index in [0.29, 0.717) is 17.2 Å². The van der Waals surface area contributed by atoms with Crippen molar-refractivity contribution in [1.29, 1.82) is 0 Å². The number of primary amides is 1. The van der Waals surface area contributed by atoms with Crippen LogP contribution in [-0.4, -0.2) is 35.4 Å². The number of hydrogen-bond donors (Lipinski definition) is 1. The molecule has 118 valence electrons. The Morgan fingerprint density at radius 3 is 2.73 bits per heavy atom. The number of hydrogen-bond acceptors (Lipinski definition) is 3. The minimum Gasteiger partial charge on any atom is -0.480 e. The third-order valence-corrected chi connectivity index (χ3v) is 4.58. The molecule has 22 heavy (non-hydrogen) atoms. The molecule has 0 spiro atoms. The zero-order valence-corrected chi connectivity index (χ0v) is 13.0. The fourth-order valence-electron chi connectivity index (χ4n) is 3.31. The Labute approximate surface area is 134 Å². The van der Waals surface area contributed by atoms with Crippen LogP contribution in [0.4, 0.5) is 0 Å². The van der Waals surface area contributed by atoms with Gasteiger partial charge in [-0.25, -0.2) is 0 Å². The smallest absolute Gasteiger partial charge is 0.264 e. The number of nitrogens with two attached hydrogens (primary N) is 1. The summed E-state index contributed by atoms with van der Waals surface area (Å²) in [4.78, 5) is 25.7. The Balaban J connectivity index is 1.75. The van der Waals surface area contributed by atoms with Crippen molar-refractivity contribution in [3.63, 3.8) is 0 Å². The number of carbonyl (C=O) groups excluding carboxylic acids is 2. The van der Waals surface area contributed by atoms with Gasteiger partial charge in [-0.15, -0.1) is 0 Å². The molecule has 5 nitrogen and oxygen atoms in total. The van der Waals surface area contributed by atoms with Gasteiger partial charge in [0.15, 0.2) is 6.10 Å². The summed E-state index contributed by atoms with van der Waals surface area (Å²) in [5.74, 6) is 0.0463. The molecular weight excluding hydrogens is 304 g/mol. The van der Waals surface area contributed by atoms with Gasteiger partial charge in [0, 0.05) is 17.5 Å². The van der Waals surface area contributed by atoms with E-state index in [1.54, 1.807) is 17.0 Å². The van der Waals surface area contributed by atoms with E-state index >= 15 is 0 Å². The third kappa shape index (κ3) is 3.04. The van der Waals surface area contributed by atoms with Crippen molar-refractivity contribution in [1.82, 2.24) is 4.90 Å². The molecule has 1 aliphatic heterocycles. The molecule has 0 aromatic heterocycles. The Morgan fingerprint density at radius 2 is 2.05 bits per heavy atom. The number of halogens is 1. The maximum Gasteiger partial charge on any atom is 0.264 e. The molecule has 1 heterocycles. The van der Waals surface area contributed by atoms with Gasteiger partial charge >= 0.3 is 0 Å². The second kappa shape index (κ2) is 6.16. The summed E-state index contributed by atoms with van der Waals surface area (Å²) in [6, 6.07) is 5.43. The number of carbonyl (C=O) groups is 2. The fourth-order valence-corrected chi connectivity index (χ4v) is 3.51. The van der Waals surface area contributed by atoms with E-state index in [9.17, 15) is 9.59 Å². The summed E-state index contributed by atoms with van der Waals surface area (Å²) >= 11 is 5.97. The van der Waals surface area contributed by atoms with Gasteiger partial charge in [0.1, 0.15) is 5.75 Å². The molecule has 3 rings (SSSR count). The topological polar surface area (TPSA) is 72.6 Å². The van der Waals surface area contributed by atoms with E-state index in [2.05, 4.69) is 0 Å². The van der Waals surface area contributed by atoms with Gasteiger partial charge in [-0.3, -0.25) is 9.59 Å². The van der Waals surface area contributed by atoms with Crippen molar-refractivity contribution in [3.8, 4) is 5.75 Å². The first-order valence-corrected chi connectivity index (χ1v) is 7.96. The first kappa shape index (κ1) is 15.2. The van der Waals surface area contributed by atoms with Crippen LogP contribution in [0.3, 0.4) is 0 Å². The zero-order chi connectivity index (χ0) is 15.7. The molecule has 2 amide bonds. The average molecular weight is 323 g/mol. The molecule has 6 heteroatoms. The van der Waals surface area contributed by atoms with Crippen molar-refractivity contribution < 1.29 is 14.3 Å². The van der Waals surface area contributed by atoms with Gasteiger partial charge in [0.2, 0.25) is 5.91 Å². The van der Waals surface area contributed by atoms with Crippen molar-refractivity contribution in [2.45, 2.75) is 44.2 Å². The van der Waals surface area contributed by atoms with Gasteiger partial charge in [-0.05, 0) is 36.6 Å². The maximum atomic E-state index is 12.8. The van der Waals surface area contributed by atoms with Crippen molar-refractivity contribution >= 4 is 23.4 Å². The number of rotatable bonds is 4. The lowest BCUT2D eigenvalue weighted by Crippen LogP contribution is -2.49. The Morgan fingerprint density at radius 1 is 1.32 bits per heavy atom. The monoisotopic (exact) mass is 322 g/mol. The minimum absolute atomic E-state index is 0.0412. The maximum absolute atomic E-state index is 12.8. The average Bonchev–Trinajstić information content (AvgIpc) is 3.12. The molecule has 1 atom stereocenters. The van der Waals surface area contributed by atoms with Gasteiger partial charge in [0.05, 0.1) is 6.54 Å². The predicted octanol–water partition coefficient (Wildman–Crippen LogP) is 1.90. The van der Waals surface area contributed by atoms with Crippen LogP contribution in [0.2, 0.25) is 5.02 Å². The van der Waals surface area contributed by atoms with Gasteiger partial charge in [0.25, 0.3) is 5.91 Å². The van der Waals surface area contributed by atoms with Crippen molar-refractivity contribution in [2.24, 2.45) is 5.73 Å². The van der Waals surface area contributed by atoms with Crippen LogP contribution in [0.1, 0.15) is 31.2 Å². The summed E-state index contributed by atoms with van der Waals surface area (Å²) < 4.78 is 5.74. The summed E-state index contributed by atoms with van der Waals surface area (Å²) in [6.07, 6.45) is 3.89. The minimum atomic E-state index is -0.589.